The van der Waals surface area contributed by atoms with Crippen LogP contribution in [0.3, 0.4) is 0 Å². The van der Waals surface area contributed by atoms with E-state index < -0.39 is 11.8 Å². The van der Waals surface area contributed by atoms with Crippen LogP contribution in [0.2, 0.25) is 0 Å². The highest BCUT2D eigenvalue weighted by Crippen LogP contribution is 2.27. The first-order chi connectivity index (χ1) is 11.0. The van der Waals surface area contributed by atoms with Crippen LogP contribution >= 0.6 is 0 Å². The second-order valence-corrected chi connectivity index (χ2v) is 4.65. The number of nitriles is 1. The first-order valence-electron chi connectivity index (χ1n) is 6.71. The van der Waals surface area contributed by atoms with Gasteiger partial charge in [0.15, 0.2) is 18.1 Å². The molecule has 1 N–H and O–H groups in total. The largest absolute Gasteiger partial charge is 0.493 e. The highest BCUT2D eigenvalue weighted by Gasteiger charge is 2.14. The molecule has 1 aromatic heterocycles. The number of aryl methyl sites for hydroxylation is 1. The van der Waals surface area contributed by atoms with Crippen LogP contribution in [0.4, 0.5) is 0 Å². The molecule has 2 rings (SSSR count). The molecule has 2 aromatic rings. The van der Waals surface area contributed by atoms with Crippen LogP contribution < -0.4 is 14.8 Å². The van der Waals surface area contributed by atoms with Crippen LogP contribution in [-0.2, 0) is 11.8 Å². The maximum atomic E-state index is 11.9. The molecule has 23 heavy (non-hydrogen) atoms. The quantitative estimate of drug-likeness (QED) is 0.896. The van der Waals surface area contributed by atoms with Crippen molar-refractivity contribution >= 4 is 11.8 Å². The summed E-state index contributed by atoms with van der Waals surface area (Å²) in [5.74, 6) is -0.431. The van der Waals surface area contributed by atoms with Crippen molar-refractivity contribution in [3.8, 4) is 17.6 Å². The molecule has 0 radical (unpaired) electrons. The van der Waals surface area contributed by atoms with Gasteiger partial charge in [0.25, 0.3) is 11.8 Å². The predicted octanol–water partition coefficient (Wildman–Crippen LogP) is 1.24. The lowest BCUT2D eigenvalue weighted by Crippen LogP contribution is -2.35. The standard InChI is InChI=1S/C16H15N3O4/c1-19-7-3-4-12(19)16(21)18-15(20)10-23-13-6-5-11(9-17)8-14(13)22-2/h3-8H,10H2,1-2H3,(H,18,20,21). The summed E-state index contributed by atoms with van der Waals surface area (Å²) >= 11 is 0. The minimum absolute atomic E-state index is 0.313. The first kappa shape index (κ1) is 16.1. The fourth-order valence-electron chi connectivity index (χ4n) is 1.92. The molecule has 0 aliphatic rings. The minimum Gasteiger partial charge on any atom is -0.493 e. The van der Waals surface area contributed by atoms with Gasteiger partial charge in [-0.1, -0.05) is 0 Å². The summed E-state index contributed by atoms with van der Waals surface area (Å²) < 4.78 is 12.0. The number of amides is 2. The van der Waals surface area contributed by atoms with Crippen molar-refractivity contribution in [2.75, 3.05) is 13.7 Å². The van der Waals surface area contributed by atoms with Crippen molar-refractivity contribution in [3.63, 3.8) is 0 Å². The van der Waals surface area contributed by atoms with Gasteiger partial charge in [-0.05, 0) is 24.3 Å². The molecule has 2 amide bonds. The number of hydrogen-bond donors (Lipinski definition) is 1. The van der Waals surface area contributed by atoms with Gasteiger partial charge >= 0.3 is 0 Å². The van der Waals surface area contributed by atoms with E-state index in [0.717, 1.165) is 0 Å². The molecule has 0 fully saturated rings. The minimum atomic E-state index is -0.581. The summed E-state index contributed by atoms with van der Waals surface area (Å²) in [6.07, 6.45) is 1.71. The molecule has 0 aliphatic heterocycles. The van der Waals surface area contributed by atoms with Crippen molar-refractivity contribution in [3.05, 3.63) is 47.8 Å². The number of carbonyl (C=O) groups is 2. The molecule has 1 heterocycles. The normalized spacial score (nSPS) is 9.78. The summed E-state index contributed by atoms with van der Waals surface area (Å²) in [6, 6.07) is 9.87. The van der Waals surface area contributed by atoms with Crippen LogP contribution in [0.5, 0.6) is 11.5 Å². The Morgan fingerprint density at radius 1 is 1.30 bits per heavy atom. The number of hydrogen-bond acceptors (Lipinski definition) is 5. The monoisotopic (exact) mass is 313 g/mol. The Balaban J connectivity index is 1.96. The molecule has 0 saturated heterocycles. The number of rotatable bonds is 5. The molecule has 0 bridgehead atoms. The Hall–Kier alpha value is -3.27. The maximum absolute atomic E-state index is 11.9. The van der Waals surface area contributed by atoms with Crippen LogP contribution in [0.25, 0.3) is 0 Å². The summed E-state index contributed by atoms with van der Waals surface area (Å²) in [5, 5.41) is 11.1. The van der Waals surface area contributed by atoms with E-state index in [4.69, 9.17) is 14.7 Å². The third-order valence-corrected chi connectivity index (χ3v) is 3.08. The van der Waals surface area contributed by atoms with Crippen molar-refractivity contribution in [2.24, 2.45) is 7.05 Å². The molecule has 7 nitrogen and oxygen atoms in total. The van der Waals surface area contributed by atoms with Gasteiger partial charge in [-0.25, -0.2) is 0 Å². The van der Waals surface area contributed by atoms with Gasteiger partial charge in [-0.3, -0.25) is 14.9 Å². The Bertz CT molecular complexity index is 774. The number of imide groups is 1. The van der Waals surface area contributed by atoms with Gasteiger partial charge in [0.05, 0.1) is 18.7 Å². The molecule has 7 heteroatoms. The molecule has 0 aliphatic carbocycles. The molecule has 118 valence electrons. The van der Waals surface area contributed by atoms with Gasteiger partial charge < -0.3 is 14.0 Å². The van der Waals surface area contributed by atoms with E-state index >= 15 is 0 Å². The lowest BCUT2D eigenvalue weighted by atomic mass is 10.2. The van der Waals surface area contributed by atoms with E-state index in [0.29, 0.717) is 22.8 Å². The average molecular weight is 313 g/mol. The van der Waals surface area contributed by atoms with Crippen molar-refractivity contribution in [1.29, 1.82) is 5.26 Å². The van der Waals surface area contributed by atoms with Gasteiger partial charge in [0.2, 0.25) is 0 Å². The summed E-state index contributed by atoms with van der Waals surface area (Å²) in [7, 11) is 3.14. The zero-order valence-electron chi connectivity index (χ0n) is 12.7. The molecule has 0 spiro atoms. The van der Waals surface area contributed by atoms with Crippen molar-refractivity contribution in [1.82, 2.24) is 9.88 Å². The molecule has 0 atom stereocenters. The highest BCUT2D eigenvalue weighted by molar-refractivity contribution is 6.04. The van der Waals surface area contributed by atoms with Crippen LogP contribution in [0.15, 0.2) is 36.5 Å². The topological polar surface area (TPSA) is 93.3 Å². The van der Waals surface area contributed by atoms with E-state index in [1.165, 1.54) is 19.2 Å². The Morgan fingerprint density at radius 2 is 2.09 bits per heavy atom. The van der Waals surface area contributed by atoms with E-state index in [1.807, 2.05) is 6.07 Å². The number of ether oxygens (including phenoxy) is 2. The highest BCUT2D eigenvalue weighted by atomic mass is 16.5. The third kappa shape index (κ3) is 3.89. The molecule has 0 saturated carbocycles. The number of aromatic nitrogens is 1. The first-order valence-corrected chi connectivity index (χ1v) is 6.71. The Kier molecular flexibility index (Phi) is 5.00. The summed E-state index contributed by atoms with van der Waals surface area (Å²) in [4.78, 5) is 23.7. The van der Waals surface area contributed by atoms with E-state index in [9.17, 15) is 9.59 Å². The number of nitrogens with zero attached hydrogens (tertiary/aromatic N) is 2. The van der Waals surface area contributed by atoms with E-state index in [1.54, 1.807) is 36.0 Å². The Morgan fingerprint density at radius 3 is 2.70 bits per heavy atom. The predicted molar refractivity (Wildman–Crippen MR) is 81.1 cm³/mol. The average Bonchev–Trinajstić information content (AvgIpc) is 2.98. The molecule has 1 aromatic carbocycles. The zero-order valence-corrected chi connectivity index (χ0v) is 12.7. The van der Waals surface area contributed by atoms with Gasteiger partial charge in [-0.15, -0.1) is 0 Å². The lowest BCUT2D eigenvalue weighted by molar-refractivity contribution is -0.122. The number of nitrogens with one attached hydrogen (secondary N) is 1. The van der Waals surface area contributed by atoms with Crippen molar-refractivity contribution in [2.45, 2.75) is 0 Å². The summed E-state index contributed by atoms with van der Waals surface area (Å²) in [5.41, 5.74) is 0.784. The van der Waals surface area contributed by atoms with Crippen LogP contribution in [0, 0.1) is 11.3 Å². The van der Waals surface area contributed by atoms with Crippen LogP contribution in [0.1, 0.15) is 16.1 Å². The van der Waals surface area contributed by atoms with Gasteiger partial charge in [0, 0.05) is 19.3 Å². The molecule has 0 unspecified atom stereocenters. The van der Waals surface area contributed by atoms with Gasteiger partial charge in [-0.2, -0.15) is 5.26 Å². The third-order valence-electron chi connectivity index (χ3n) is 3.08. The summed E-state index contributed by atoms with van der Waals surface area (Å²) in [6.45, 7) is -0.349. The second-order valence-electron chi connectivity index (χ2n) is 4.65. The second kappa shape index (κ2) is 7.13. The number of benzene rings is 1. The van der Waals surface area contributed by atoms with E-state index in [-0.39, 0.29) is 6.61 Å². The van der Waals surface area contributed by atoms with Crippen molar-refractivity contribution < 1.29 is 19.1 Å². The van der Waals surface area contributed by atoms with Gasteiger partial charge in [0.1, 0.15) is 5.69 Å². The number of carbonyl (C=O) groups excluding carboxylic acids is 2. The number of methoxy groups -OCH3 is 1. The lowest BCUT2D eigenvalue weighted by Gasteiger charge is -2.10. The van der Waals surface area contributed by atoms with Crippen LogP contribution in [-0.4, -0.2) is 30.1 Å². The smallest absolute Gasteiger partial charge is 0.274 e. The maximum Gasteiger partial charge on any atom is 0.274 e. The Labute approximate surface area is 133 Å². The zero-order chi connectivity index (χ0) is 16.8. The SMILES string of the molecule is COc1cc(C#N)ccc1OCC(=O)NC(=O)c1cccn1C. The molecular weight excluding hydrogens is 298 g/mol. The molecular formula is C16H15N3O4. The fourth-order valence-corrected chi connectivity index (χ4v) is 1.92. The van der Waals surface area contributed by atoms with E-state index in [2.05, 4.69) is 5.32 Å². The fraction of sp³-hybridized carbons (Fsp3) is 0.188.